The summed E-state index contributed by atoms with van der Waals surface area (Å²) in [5.74, 6) is -6.11. The highest BCUT2D eigenvalue weighted by atomic mass is 16.7. The molecule has 1 atom stereocenters. The topological polar surface area (TPSA) is 147 Å². The minimum Gasteiger partial charge on any atom is -0.481 e. The van der Waals surface area contributed by atoms with Crippen LogP contribution >= 0.6 is 0 Å². The van der Waals surface area contributed by atoms with E-state index in [0.717, 1.165) is 0 Å². The van der Waals surface area contributed by atoms with E-state index >= 15 is 0 Å². The normalized spacial score (nSPS) is 13.5. The number of aliphatic hydroxyl groups excluding tert-OH is 1. The zero-order chi connectivity index (χ0) is 10.6. The first-order valence-electron chi connectivity index (χ1n) is 3.10. The maximum Gasteiger partial charge on any atom is 0.323 e. The third-order valence-corrected chi connectivity index (χ3v) is 0.976. The van der Waals surface area contributed by atoms with Gasteiger partial charge in [-0.25, -0.2) is 0 Å². The van der Waals surface area contributed by atoms with Gasteiger partial charge < -0.3 is 30.8 Å². The number of rotatable bonds is 4. The average molecular weight is 195 g/mol. The number of nitrogens with one attached hydrogen (secondary N) is 1. The Bertz CT molecular complexity index is 207. The van der Waals surface area contributed by atoms with Crippen LogP contribution in [0.15, 0.2) is 0 Å². The summed E-state index contributed by atoms with van der Waals surface area (Å²) in [5, 5.41) is 42.9. The van der Waals surface area contributed by atoms with Gasteiger partial charge in [0.25, 0.3) is 0 Å². The number of carbonyl (C=O) groups excluding carboxylic acids is 1. The molecule has 0 saturated carbocycles. The lowest BCUT2D eigenvalue weighted by Crippen LogP contribution is -2.53. The van der Waals surface area contributed by atoms with Crippen LogP contribution in [0.3, 0.4) is 0 Å². The first-order chi connectivity index (χ1) is 5.73. The van der Waals surface area contributed by atoms with E-state index in [1.807, 2.05) is 0 Å². The van der Waals surface area contributed by atoms with Crippen LogP contribution in [-0.2, 0) is 9.59 Å². The number of aliphatic hydroxyl groups is 4. The van der Waals surface area contributed by atoms with Crippen molar-refractivity contribution < 1.29 is 35.1 Å². The van der Waals surface area contributed by atoms with Crippen LogP contribution in [-0.4, -0.2) is 49.6 Å². The number of hydrogen-bond donors (Lipinski definition) is 6. The summed E-state index contributed by atoms with van der Waals surface area (Å²) < 4.78 is 0. The van der Waals surface area contributed by atoms with Crippen molar-refractivity contribution in [1.82, 2.24) is 5.32 Å². The molecule has 0 radical (unpaired) electrons. The maximum absolute atomic E-state index is 10.5. The first-order valence-corrected chi connectivity index (χ1v) is 3.10. The van der Waals surface area contributed by atoms with Gasteiger partial charge in [-0.2, -0.15) is 0 Å². The predicted molar refractivity (Wildman–Crippen MR) is 35.8 cm³/mol. The summed E-state index contributed by atoms with van der Waals surface area (Å²) in [6.07, 6.45) is -3.31. The van der Waals surface area contributed by atoms with Gasteiger partial charge in [0, 0.05) is 0 Å². The zero-order valence-electron chi connectivity index (χ0n) is 6.34. The molecule has 0 saturated heterocycles. The fraction of sp³-hybridized carbons (Fsp3) is 0.600. The molecule has 13 heavy (non-hydrogen) atoms. The van der Waals surface area contributed by atoms with E-state index in [1.54, 1.807) is 0 Å². The highest BCUT2D eigenvalue weighted by Gasteiger charge is 2.31. The second kappa shape index (κ2) is 4.14. The van der Waals surface area contributed by atoms with Crippen LogP contribution in [0.2, 0.25) is 0 Å². The Balaban J connectivity index is 4.00. The van der Waals surface area contributed by atoms with Gasteiger partial charge in [-0.1, -0.05) is 0 Å². The summed E-state index contributed by atoms with van der Waals surface area (Å²) in [6.45, 7) is 0. The number of carboxylic acid groups (broad SMARTS) is 1. The molecular weight excluding hydrogens is 186 g/mol. The summed E-state index contributed by atoms with van der Waals surface area (Å²) in [7, 11) is 0. The van der Waals surface area contributed by atoms with Crippen molar-refractivity contribution in [2.75, 3.05) is 0 Å². The van der Waals surface area contributed by atoms with Crippen molar-refractivity contribution in [2.24, 2.45) is 0 Å². The van der Waals surface area contributed by atoms with Gasteiger partial charge in [0.15, 0.2) is 0 Å². The van der Waals surface area contributed by atoms with Crippen molar-refractivity contribution in [3.8, 4) is 0 Å². The zero-order valence-corrected chi connectivity index (χ0v) is 6.34. The quantitative estimate of drug-likeness (QED) is 0.201. The van der Waals surface area contributed by atoms with E-state index in [-0.39, 0.29) is 0 Å². The molecule has 0 rings (SSSR count). The Morgan fingerprint density at radius 2 is 1.77 bits per heavy atom. The van der Waals surface area contributed by atoms with Crippen molar-refractivity contribution in [1.29, 1.82) is 0 Å². The molecule has 0 aromatic rings. The Kier molecular flexibility index (Phi) is 3.75. The van der Waals surface area contributed by atoms with Crippen molar-refractivity contribution in [3.63, 3.8) is 0 Å². The Hall–Kier alpha value is -1.22. The SMILES string of the molecule is O=C(O)CC(=O)NC(O)C(O)(O)O. The lowest BCUT2D eigenvalue weighted by molar-refractivity contribution is -0.358. The second-order valence-electron chi connectivity index (χ2n) is 2.23. The van der Waals surface area contributed by atoms with Crippen LogP contribution in [0.25, 0.3) is 0 Å². The molecule has 0 heterocycles. The van der Waals surface area contributed by atoms with Gasteiger partial charge in [0.1, 0.15) is 6.42 Å². The summed E-state index contributed by atoms with van der Waals surface area (Å²) in [5.41, 5.74) is 0. The molecule has 0 spiro atoms. The first kappa shape index (κ1) is 11.8. The average Bonchev–Trinajstić information content (AvgIpc) is 1.82. The summed E-state index contributed by atoms with van der Waals surface area (Å²) >= 11 is 0. The summed E-state index contributed by atoms with van der Waals surface area (Å²) in [6, 6.07) is 0. The predicted octanol–water partition coefficient (Wildman–Crippen LogP) is -3.47. The third-order valence-electron chi connectivity index (χ3n) is 0.976. The number of carbonyl (C=O) groups is 2. The van der Waals surface area contributed by atoms with Crippen molar-refractivity contribution in [3.05, 3.63) is 0 Å². The maximum atomic E-state index is 10.5. The second-order valence-corrected chi connectivity index (χ2v) is 2.23. The van der Waals surface area contributed by atoms with Crippen molar-refractivity contribution >= 4 is 11.9 Å². The number of carboxylic acids is 1. The minimum atomic E-state index is -3.49. The lowest BCUT2D eigenvalue weighted by atomic mass is 10.4. The van der Waals surface area contributed by atoms with Crippen molar-refractivity contribution in [2.45, 2.75) is 18.6 Å². The van der Waals surface area contributed by atoms with Gasteiger partial charge in [0.05, 0.1) is 0 Å². The van der Waals surface area contributed by atoms with E-state index < -0.39 is 30.5 Å². The van der Waals surface area contributed by atoms with Crippen LogP contribution in [0.1, 0.15) is 6.42 Å². The smallest absolute Gasteiger partial charge is 0.323 e. The molecule has 0 aromatic heterocycles. The third kappa shape index (κ3) is 5.09. The number of amides is 1. The molecule has 1 unspecified atom stereocenters. The molecule has 8 nitrogen and oxygen atoms in total. The highest BCUT2D eigenvalue weighted by molar-refractivity contribution is 5.93. The number of aliphatic carboxylic acids is 1. The molecule has 0 aliphatic heterocycles. The van der Waals surface area contributed by atoms with Crippen LogP contribution in [0.4, 0.5) is 0 Å². The van der Waals surface area contributed by atoms with E-state index in [9.17, 15) is 9.59 Å². The molecule has 8 heteroatoms. The molecule has 0 bridgehead atoms. The highest BCUT2D eigenvalue weighted by Crippen LogP contribution is 1.97. The molecule has 6 N–H and O–H groups in total. The van der Waals surface area contributed by atoms with Gasteiger partial charge >= 0.3 is 11.9 Å². The van der Waals surface area contributed by atoms with E-state index in [2.05, 4.69) is 0 Å². The van der Waals surface area contributed by atoms with Gasteiger partial charge in [0.2, 0.25) is 12.1 Å². The van der Waals surface area contributed by atoms with Crippen LogP contribution in [0.5, 0.6) is 0 Å². The van der Waals surface area contributed by atoms with Gasteiger partial charge in [-0.3, -0.25) is 9.59 Å². The molecular formula is C5H9NO7. The fourth-order valence-corrected chi connectivity index (χ4v) is 0.438. The van der Waals surface area contributed by atoms with E-state index in [4.69, 9.17) is 25.5 Å². The Labute approximate surface area is 72.0 Å². The largest absolute Gasteiger partial charge is 0.481 e. The Morgan fingerprint density at radius 3 is 2.08 bits per heavy atom. The molecule has 1 amide bonds. The van der Waals surface area contributed by atoms with E-state index in [0.29, 0.717) is 0 Å². The lowest BCUT2D eigenvalue weighted by Gasteiger charge is -2.21. The van der Waals surface area contributed by atoms with Crippen LogP contribution < -0.4 is 5.32 Å². The molecule has 0 aliphatic carbocycles. The van der Waals surface area contributed by atoms with Gasteiger partial charge in [-0.05, 0) is 0 Å². The van der Waals surface area contributed by atoms with Crippen LogP contribution in [0, 0.1) is 0 Å². The fourth-order valence-electron chi connectivity index (χ4n) is 0.438. The monoisotopic (exact) mass is 195 g/mol. The molecule has 0 aromatic carbocycles. The number of hydrogen-bond acceptors (Lipinski definition) is 6. The Morgan fingerprint density at radius 1 is 1.31 bits per heavy atom. The molecule has 0 fully saturated rings. The van der Waals surface area contributed by atoms with Gasteiger partial charge in [-0.15, -0.1) is 0 Å². The molecule has 0 aliphatic rings. The summed E-state index contributed by atoms with van der Waals surface area (Å²) in [4.78, 5) is 20.4. The standard InChI is InChI=1S/C5H9NO7/c7-2(1-3(8)9)6-4(10)5(11,12)13/h4,10-13H,1H2,(H,6,7)(H,8,9). The minimum absolute atomic E-state index is 0.951. The molecule has 76 valence electrons. The van der Waals surface area contributed by atoms with E-state index in [1.165, 1.54) is 5.32 Å².